The van der Waals surface area contributed by atoms with Crippen molar-refractivity contribution in [2.24, 2.45) is 0 Å². The Morgan fingerprint density at radius 2 is 2.20 bits per heavy atom. The van der Waals surface area contributed by atoms with Gasteiger partial charge in [-0.05, 0) is 29.4 Å². The van der Waals surface area contributed by atoms with E-state index in [0.717, 1.165) is 5.56 Å². The van der Waals surface area contributed by atoms with E-state index in [1.165, 1.54) is 0 Å². The second-order valence-corrected chi connectivity index (χ2v) is 5.43. The summed E-state index contributed by atoms with van der Waals surface area (Å²) in [6.07, 6.45) is 0. The zero-order chi connectivity index (χ0) is 10.6. The van der Waals surface area contributed by atoms with Crippen LogP contribution in [0.5, 0.6) is 0 Å². The minimum absolute atomic E-state index is 0. The molecule has 80 valence electrons. The van der Waals surface area contributed by atoms with Crippen LogP contribution in [0.1, 0.15) is 5.56 Å². The summed E-state index contributed by atoms with van der Waals surface area (Å²) in [5, 5.41) is 3.97. The first-order chi connectivity index (χ1) is 6.47. The predicted octanol–water partition coefficient (Wildman–Crippen LogP) is -2.27. The van der Waals surface area contributed by atoms with Crippen molar-refractivity contribution in [3.05, 3.63) is 22.4 Å². The van der Waals surface area contributed by atoms with E-state index >= 15 is 0 Å². The van der Waals surface area contributed by atoms with Gasteiger partial charge in [0.1, 0.15) is 0 Å². The third kappa shape index (κ3) is 8.00. The van der Waals surface area contributed by atoms with E-state index in [4.69, 9.17) is 0 Å². The van der Waals surface area contributed by atoms with Gasteiger partial charge in [0.25, 0.3) is 0 Å². The predicted molar refractivity (Wildman–Crippen MR) is 55.2 cm³/mol. The van der Waals surface area contributed by atoms with E-state index in [1.54, 1.807) is 18.4 Å². The number of hydrogen-bond donors (Lipinski definition) is 0. The van der Waals surface area contributed by atoms with Crippen LogP contribution >= 0.6 is 11.3 Å². The summed E-state index contributed by atoms with van der Waals surface area (Å²) in [7, 11) is -2.29. The molecule has 0 aliphatic heterocycles. The van der Waals surface area contributed by atoms with Crippen LogP contribution in [-0.4, -0.2) is 37.2 Å². The number of hydrogen-bond acceptors (Lipinski definition) is 5. The average molecular weight is 273 g/mol. The molecule has 0 aromatic carbocycles. The zero-order valence-corrected chi connectivity index (χ0v) is 13.6. The van der Waals surface area contributed by atoms with Crippen molar-refractivity contribution in [1.82, 2.24) is 4.90 Å². The third-order valence-corrected chi connectivity index (χ3v) is 3.17. The topological polar surface area (TPSA) is 60.4 Å². The zero-order valence-electron chi connectivity index (χ0n) is 8.84. The Kier molecular flexibility index (Phi) is 8.12. The molecular weight excluding hydrogens is 261 g/mol. The smallest absolute Gasteiger partial charge is 0.748 e. The quantitative estimate of drug-likeness (QED) is 0.448. The number of rotatable bonds is 5. The molecule has 15 heavy (non-hydrogen) atoms. The molecule has 0 N–H and O–H groups in total. The van der Waals surface area contributed by atoms with E-state index in [-0.39, 0.29) is 63.7 Å². The van der Waals surface area contributed by atoms with Crippen LogP contribution in [0, 0.1) is 0 Å². The molecule has 0 bridgehead atoms. The fraction of sp³-hybridized carbons (Fsp3) is 0.500. The van der Waals surface area contributed by atoms with Crippen molar-refractivity contribution in [1.29, 1.82) is 0 Å². The van der Waals surface area contributed by atoms with Crippen LogP contribution in [0.25, 0.3) is 0 Å². The molecule has 0 fully saturated rings. The fourth-order valence-electron chi connectivity index (χ4n) is 1.04. The molecule has 0 atom stereocenters. The molecule has 1 heterocycles. The molecule has 0 spiro atoms. The van der Waals surface area contributed by atoms with E-state index in [0.29, 0.717) is 6.54 Å². The molecule has 0 radical (unpaired) electrons. The van der Waals surface area contributed by atoms with Gasteiger partial charge in [-0.15, -0.1) is 0 Å². The fourth-order valence-corrected chi connectivity index (χ4v) is 2.24. The van der Waals surface area contributed by atoms with Crippen molar-refractivity contribution in [2.45, 2.75) is 6.54 Å². The minimum Gasteiger partial charge on any atom is -0.748 e. The summed E-state index contributed by atoms with van der Waals surface area (Å²) in [4.78, 5) is 1.82. The summed E-state index contributed by atoms with van der Waals surface area (Å²) < 4.78 is 31.1. The molecule has 0 saturated heterocycles. The van der Waals surface area contributed by atoms with Crippen LogP contribution in [0.3, 0.4) is 0 Å². The Bertz CT molecular complexity index is 363. The largest absolute Gasteiger partial charge is 1.00 e. The first-order valence-electron chi connectivity index (χ1n) is 4.10. The third-order valence-electron chi connectivity index (χ3n) is 1.76. The van der Waals surface area contributed by atoms with Gasteiger partial charge >= 0.3 is 51.4 Å². The Balaban J connectivity index is 0.00000196. The standard InChI is InChI=1S/C8H13NO3S2.K/c1-9(3-5-14(10,11)12)6-8-2-4-13-7-8;/h2,4,7H,3,5-6H2,1H3,(H,10,11,12);/q;+1/p-1. The van der Waals surface area contributed by atoms with Crippen LogP contribution in [0.15, 0.2) is 16.8 Å². The molecule has 0 aliphatic rings. The van der Waals surface area contributed by atoms with Gasteiger partial charge in [0, 0.05) is 13.1 Å². The minimum atomic E-state index is -4.09. The first kappa shape index (κ1) is 16.2. The van der Waals surface area contributed by atoms with Crippen molar-refractivity contribution in [2.75, 3.05) is 19.3 Å². The summed E-state index contributed by atoms with van der Waals surface area (Å²) >= 11 is 1.60. The summed E-state index contributed by atoms with van der Waals surface area (Å²) in [6.45, 7) is 0.959. The molecule has 0 aliphatic carbocycles. The van der Waals surface area contributed by atoms with E-state index in [9.17, 15) is 13.0 Å². The molecule has 7 heteroatoms. The van der Waals surface area contributed by atoms with E-state index in [1.807, 2.05) is 21.7 Å². The van der Waals surface area contributed by atoms with Crippen LogP contribution in [-0.2, 0) is 16.7 Å². The van der Waals surface area contributed by atoms with Gasteiger partial charge in [-0.25, -0.2) is 8.42 Å². The molecule has 1 aromatic rings. The Labute approximate surface area is 137 Å². The molecule has 1 aromatic heterocycles. The molecule has 4 nitrogen and oxygen atoms in total. The van der Waals surface area contributed by atoms with Gasteiger partial charge in [-0.3, -0.25) is 0 Å². The normalized spacial score (nSPS) is 11.4. The van der Waals surface area contributed by atoms with Crippen molar-refractivity contribution >= 4 is 21.5 Å². The van der Waals surface area contributed by atoms with E-state index < -0.39 is 10.1 Å². The van der Waals surface area contributed by atoms with Gasteiger partial charge in [0.15, 0.2) is 0 Å². The maximum absolute atomic E-state index is 10.4. The van der Waals surface area contributed by atoms with E-state index in [2.05, 4.69) is 0 Å². The summed E-state index contributed by atoms with van der Waals surface area (Å²) in [5.74, 6) is -0.326. The van der Waals surface area contributed by atoms with Crippen LogP contribution < -0.4 is 51.4 Å². The first-order valence-corrected chi connectivity index (χ1v) is 6.62. The van der Waals surface area contributed by atoms with Gasteiger partial charge < -0.3 is 9.45 Å². The second-order valence-electron chi connectivity index (χ2n) is 3.13. The summed E-state index contributed by atoms with van der Waals surface area (Å²) in [6, 6.07) is 1.98. The van der Waals surface area contributed by atoms with Crippen LogP contribution in [0.2, 0.25) is 0 Å². The maximum atomic E-state index is 10.4. The maximum Gasteiger partial charge on any atom is 1.00 e. The Hall–Kier alpha value is 1.21. The van der Waals surface area contributed by atoms with Gasteiger partial charge in [-0.2, -0.15) is 11.3 Å². The van der Waals surface area contributed by atoms with Crippen molar-refractivity contribution in [3.63, 3.8) is 0 Å². The van der Waals surface area contributed by atoms with Gasteiger partial charge in [0.05, 0.1) is 15.9 Å². The molecule has 0 saturated carbocycles. The molecule has 0 amide bonds. The number of thiophene rings is 1. The van der Waals surface area contributed by atoms with Crippen LogP contribution in [0.4, 0.5) is 0 Å². The molecule has 1 rings (SSSR count). The van der Waals surface area contributed by atoms with Gasteiger partial charge in [-0.1, -0.05) is 0 Å². The van der Waals surface area contributed by atoms with Crippen molar-refractivity contribution in [3.8, 4) is 0 Å². The Morgan fingerprint density at radius 1 is 1.53 bits per heavy atom. The second kappa shape index (κ2) is 7.52. The average Bonchev–Trinajstić information content (AvgIpc) is 2.52. The number of nitrogens with zero attached hydrogens (tertiary/aromatic N) is 1. The molecular formula is C8H12KNO3S2. The van der Waals surface area contributed by atoms with Gasteiger partial charge in [0.2, 0.25) is 0 Å². The Morgan fingerprint density at radius 3 is 2.67 bits per heavy atom. The molecule has 0 unspecified atom stereocenters. The van der Waals surface area contributed by atoms with Crippen molar-refractivity contribution < 1.29 is 64.4 Å². The monoisotopic (exact) mass is 273 g/mol. The SMILES string of the molecule is CN(CCS(=O)(=O)[O-])Cc1ccsc1.[K+]. The summed E-state index contributed by atoms with van der Waals surface area (Å²) in [5.41, 5.74) is 1.14.